The summed E-state index contributed by atoms with van der Waals surface area (Å²) in [6.45, 7) is 2.26. The van der Waals surface area contributed by atoms with E-state index in [-0.39, 0.29) is 6.10 Å². The average molecular weight is 280 g/mol. The van der Waals surface area contributed by atoms with E-state index in [1.54, 1.807) is 0 Å². The van der Waals surface area contributed by atoms with Crippen molar-refractivity contribution < 1.29 is 5.11 Å². The molecule has 19 heavy (non-hydrogen) atoms. The van der Waals surface area contributed by atoms with E-state index in [1.807, 2.05) is 11.3 Å². The summed E-state index contributed by atoms with van der Waals surface area (Å²) >= 11 is 1.85. The fourth-order valence-corrected chi connectivity index (χ4v) is 4.23. The molecule has 0 fully saturated rings. The maximum absolute atomic E-state index is 10.2. The zero-order chi connectivity index (χ0) is 13.5. The molecule has 1 nitrogen and oxygen atoms in total. The normalized spacial score (nSPS) is 15.7. The first-order valence-corrected chi connectivity index (χ1v) is 8.92. The van der Waals surface area contributed by atoms with Gasteiger partial charge in [0.25, 0.3) is 0 Å². The SMILES string of the molecule is CCCCCCCCCC(O)c1cc2c(s1)CCC2. The van der Waals surface area contributed by atoms with Crippen LogP contribution in [0.4, 0.5) is 0 Å². The molecule has 2 rings (SSSR count). The Balaban J connectivity index is 1.60. The topological polar surface area (TPSA) is 20.2 Å². The van der Waals surface area contributed by atoms with Crippen LogP contribution in [0.1, 0.15) is 86.1 Å². The van der Waals surface area contributed by atoms with Crippen LogP contribution in [0.3, 0.4) is 0 Å². The maximum Gasteiger partial charge on any atom is 0.0882 e. The number of fused-ring (bicyclic) bond motifs is 1. The number of aliphatic hydroxyl groups is 1. The van der Waals surface area contributed by atoms with Gasteiger partial charge in [-0.05, 0) is 37.3 Å². The second-order valence-corrected chi connectivity index (χ2v) is 7.04. The van der Waals surface area contributed by atoms with E-state index >= 15 is 0 Å². The first-order valence-electron chi connectivity index (χ1n) is 8.10. The Morgan fingerprint density at radius 2 is 1.84 bits per heavy atom. The van der Waals surface area contributed by atoms with Crippen molar-refractivity contribution in [1.82, 2.24) is 0 Å². The largest absolute Gasteiger partial charge is 0.388 e. The molecule has 1 atom stereocenters. The molecule has 1 aliphatic rings. The van der Waals surface area contributed by atoms with Gasteiger partial charge in [-0.1, -0.05) is 51.9 Å². The lowest BCUT2D eigenvalue weighted by atomic mass is 10.1. The number of aliphatic hydroxyl groups excluding tert-OH is 1. The molecule has 1 unspecified atom stereocenters. The number of thiophene rings is 1. The van der Waals surface area contributed by atoms with Gasteiger partial charge in [0, 0.05) is 9.75 Å². The summed E-state index contributed by atoms with van der Waals surface area (Å²) in [6, 6.07) is 2.26. The third-order valence-corrected chi connectivity index (χ3v) is 5.51. The van der Waals surface area contributed by atoms with E-state index in [1.165, 1.54) is 79.5 Å². The monoisotopic (exact) mass is 280 g/mol. The minimum atomic E-state index is -0.203. The summed E-state index contributed by atoms with van der Waals surface area (Å²) in [5.74, 6) is 0. The number of rotatable bonds is 9. The number of unbranched alkanes of at least 4 members (excludes halogenated alkanes) is 6. The smallest absolute Gasteiger partial charge is 0.0882 e. The quantitative estimate of drug-likeness (QED) is 0.600. The molecule has 2 heteroatoms. The van der Waals surface area contributed by atoms with Gasteiger partial charge >= 0.3 is 0 Å². The van der Waals surface area contributed by atoms with Crippen LogP contribution in [0.25, 0.3) is 0 Å². The molecule has 0 aromatic carbocycles. The van der Waals surface area contributed by atoms with E-state index in [2.05, 4.69) is 13.0 Å². The van der Waals surface area contributed by atoms with Crippen molar-refractivity contribution in [2.24, 2.45) is 0 Å². The van der Waals surface area contributed by atoms with Crippen LogP contribution in [0.5, 0.6) is 0 Å². The summed E-state index contributed by atoms with van der Waals surface area (Å²) in [5, 5.41) is 10.2. The van der Waals surface area contributed by atoms with Crippen molar-refractivity contribution in [3.8, 4) is 0 Å². The van der Waals surface area contributed by atoms with Crippen LogP contribution in [0.2, 0.25) is 0 Å². The predicted molar refractivity (Wildman–Crippen MR) is 83.9 cm³/mol. The molecule has 0 bridgehead atoms. The first-order chi connectivity index (χ1) is 9.31. The molecule has 108 valence electrons. The fraction of sp³-hybridized carbons (Fsp3) is 0.765. The minimum Gasteiger partial charge on any atom is -0.388 e. The van der Waals surface area contributed by atoms with Gasteiger partial charge in [0.1, 0.15) is 0 Å². The van der Waals surface area contributed by atoms with Gasteiger partial charge in [0.05, 0.1) is 6.10 Å². The lowest BCUT2D eigenvalue weighted by Gasteiger charge is -2.08. The minimum absolute atomic E-state index is 0.203. The van der Waals surface area contributed by atoms with E-state index in [0.717, 1.165) is 6.42 Å². The molecule has 0 saturated heterocycles. The summed E-state index contributed by atoms with van der Waals surface area (Å²) < 4.78 is 0. The molecule has 0 radical (unpaired) electrons. The highest BCUT2D eigenvalue weighted by Crippen LogP contribution is 2.35. The Morgan fingerprint density at radius 1 is 1.11 bits per heavy atom. The average Bonchev–Trinajstić information content (AvgIpc) is 2.98. The second kappa shape index (κ2) is 8.06. The first kappa shape index (κ1) is 15.1. The van der Waals surface area contributed by atoms with Crippen molar-refractivity contribution in [3.05, 3.63) is 21.4 Å². The molecule has 1 aromatic heterocycles. The molecule has 0 spiro atoms. The number of aryl methyl sites for hydroxylation is 2. The fourth-order valence-electron chi connectivity index (χ4n) is 2.95. The van der Waals surface area contributed by atoms with Crippen LogP contribution in [-0.2, 0) is 12.8 Å². The Kier molecular flexibility index (Phi) is 6.39. The third-order valence-electron chi connectivity index (χ3n) is 4.18. The highest BCUT2D eigenvalue weighted by Gasteiger charge is 2.18. The highest BCUT2D eigenvalue weighted by molar-refractivity contribution is 7.12. The van der Waals surface area contributed by atoms with Crippen molar-refractivity contribution in [2.45, 2.75) is 83.7 Å². The Bertz CT molecular complexity index is 348. The second-order valence-electron chi connectivity index (χ2n) is 5.88. The predicted octanol–water partition coefficient (Wildman–Crippen LogP) is 5.41. The van der Waals surface area contributed by atoms with E-state index in [9.17, 15) is 5.11 Å². The van der Waals surface area contributed by atoms with Crippen molar-refractivity contribution >= 4 is 11.3 Å². The summed E-state index contributed by atoms with van der Waals surface area (Å²) in [4.78, 5) is 2.75. The van der Waals surface area contributed by atoms with Gasteiger partial charge in [-0.25, -0.2) is 0 Å². The lowest BCUT2D eigenvalue weighted by Crippen LogP contribution is -1.94. The van der Waals surface area contributed by atoms with E-state index < -0.39 is 0 Å². The molecule has 1 N–H and O–H groups in total. The Morgan fingerprint density at radius 3 is 2.58 bits per heavy atom. The third kappa shape index (κ3) is 4.61. The Hall–Kier alpha value is -0.340. The van der Waals surface area contributed by atoms with Gasteiger partial charge in [-0.3, -0.25) is 0 Å². The van der Waals surface area contributed by atoms with Crippen molar-refractivity contribution in [3.63, 3.8) is 0 Å². The lowest BCUT2D eigenvalue weighted by molar-refractivity contribution is 0.167. The van der Waals surface area contributed by atoms with Crippen LogP contribution >= 0.6 is 11.3 Å². The molecule has 0 saturated carbocycles. The standard InChI is InChI=1S/C17H28OS/c1-2-3-4-5-6-7-8-11-15(18)17-13-14-10-9-12-16(14)19-17/h13,15,18H,2-12H2,1H3. The van der Waals surface area contributed by atoms with Crippen LogP contribution < -0.4 is 0 Å². The van der Waals surface area contributed by atoms with Crippen molar-refractivity contribution in [1.29, 1.82) is 0 Å². The van der Waals surface area contributed by atoms with Gasteiger partial charge in [0.2, 0.25) is 0 Å². The van der Waals surface area contributed by atoms with Crippen LogP contribution in [-0.4, -0.2) is 5.11 Å². The highest BCUT2D eigenvalue weighted by atomic mass is 32.1. The van der Waals surface area contributed by atoms with Gasteiger partial charge in [-0.2, -0.15) is 0 Å². The van der Waals surface area contributed by atoms with E-state index in [4.69, 9.17) is 0 Å². The zero-order valence-corrected chi connectivity index (χ0v) is 13.1. The Labute approximate surface area is 122 Å². The van der Waals surface area contributed by atoms with Gasteiger partial charge in [-0.15, -0.1) is 11.3 Å². The molecule has 1 heterocycles. The summed E-state index contributed by atoms with van der Waals surface area (Å²) in [5.41, 5.74) is 1.51. The summed E-state index contributed by atoms with van der Waals surface area (Å²) in [6.07, 6.45) is 13.8. The van der Waals surface area contributed by atoms with Gasteiger partial charge < -0.3 is 5.11 Å². The molecule has 1 aromatic rings. The van der Waals surface area contributed by atoms with Crippen LogP contribution in [0, 0.1) is 0 Å². The molecule has 1 aliphatic carbocycles. The molecular formula is C17H28OS. The molecule has 0 aliphatic heterocycles. The number of hydrogen-bond acceptors (Lipinski definition) is 2. The van der Waals surface area contributed by atoms with Crippen molar-refractivity contribution in [2.75, 3.05) is 0 Å². The zero-order valence-electron chi connectivity index (χ0n) is 12.3. The molecular weight excluding hydrogens is 252 g/mol. The van der Waals surface area contributed by atoms with Gasteiger partial charge in [0.15, 0.2) is 0 Å². The number of hydrogen-bond donors (Lipinski definition) is 1. The molecule has 0 amide bonds. The summed E-state index contributed by atoms with van der Waals surface area (Å²) in [7, 11) is 0. The van der Waals surface area contributed by atoms with Crippen LogP contribution in [0.15, 0.2) is 6.07 Å². The van der Waals surface area contributed by atoms with E-state index in [0.29, 0.717) is 0 Å². The maximum atomic E-state index is 10.2.